The molecule has 0 aliphatic rings. The summed E-state index contributed by atoms with van der Waals surface area (Å²) >= 11 is 0. The third-order valence-corrected chi connectivity index (χ3v) is 2.96. The number of rotatable bonds is 3. The smallest absolute Gasteiger partial charge is 0.128 e. The highest BCUT2D eigenvalue weighted by molar-refractivity contribution is 5.80. The van der Waals surface area contributed by atoms with Gasteiger partial charge in [0.25, 0.3) is 0 Å². The Morgan fingerprint density at radius 3 is 2.60 bits per heavy atom. The summed E-state index contributed by atoms with van der Waals surface area (Å²) in [6.45, 7) is 0. The van der Waals surface area contributed by atoms with E-state index in [1.165, 1.54) is 0 Å². The van der Waals surface area contributed by atoms with E-state index >= 15 is 0 Å². The van der Waals surface area contributed by atoms with Gasteiger partial charge in [0.1, 0.15) is 11.5 Å². The van der Waals surface area contributed by atoms with Crippen LogP contribution in [0.4, 0.5) is 0 Å². The molecular weight excluding hydrogens is 248 g/mol. The van der Waals surface area contributed by atoms with Crippen molar-refractivity contribution >= 4 is 10.9 Å². The highest BCUT2D eigenvalue weighted by Crippen LogP contribution is 2.24. The van der Waals surface area contributed by atoms with Crippen LogP contribution in [0.1, 0.15) is 5.69 Å². The Balaban J connectivity index is 1.91. The molecule has 2 aromatic carbocycles. The van der Waals surface area contributed by atoms with Crippen molar-refractivity contribution in [3.63, 3.8) is 0 Å². The summed E-state index contributed by atoms with van der Waals surface area (Å²) in [6.07, 6.45) is 0.332. The molecule has 3 rings (SSSR count). The second-order valence-electron chi connectivity index (χ2n) is 4.41. The van der Waals surface area contributed by atoms with Gasteiger partial charge in [-0.05, 0) is 36.4 Å². The third kappa shape index (κ3) is 2.60. The van der Waals surface area contributed by atoms with Crippen LogP contribution < -0.4 is 4.74 Å². The van der Waals surface area contributed by atoms with Gasteiger partial charge in [-0.15, -0.1) is 0 Å². The maximum Gasteiger partial charge on any atom is 0.128 e. The number of fused-ring (bicyclic) bond motifs is 1. The van der Waals surface area contributed by atoms with Crippen LogP contribution in [0, 0.1) is 11.3 Å². The lowest BCUT2D eigenvalue weighted by atomic mass is 10.2. The maximum atomic E-state index is 8.69. The largest absolute Gasteiger partial charge is 0.457 e. The van der Waals surface area contributed by atoms with Crippen molar-refractivity contribution in [2.75, 3.05) is 0 Å². The SMILES string of the molecule is N#CCc1ccc2cc(Oc3ccccc3)ccc2n1. The molecule has 0 atom stereocenters. The van der Waals surface area contributed by atoms with E-state index in [1.54, 1.807) is 0 Å². The number of ether oxygens (including phenoxy) is 1. The van der Waals surface area contributed by atoms with Gasteiger partial charge in [-0.3, -0.25) is 4.98 Å². The van der Waals surface area contributed by atoms with Gasteiger partial charge in [0, 0.05) is 5.39 Å². The summed E-state index contributed by atoms with van der Waals surface area (Å²) in [6, 6.07) is 21.3. The molecule has 0 bridgehead atoms. The number of pyridine rings is 1. The predicted octanol–water partition coefficient (Wildman–Crippen LogP) is 4.09. The van der Waals surface area contributed by atoms with E-state index in [-0.39, 0.29) is 0 Å². The molecule has 3 heteroatoms. The van der Waals surface area contributed by atoms with E-state index in [9.17, 15) is 0 Å². The molecule has 0 spiro atoms. The van der Waals surface area contributed by atoms with Crippen LogP contribution in [0.3, 0.4) is 0 Å². The number of para-hydroxylation sites is 1. The van der Waals surface area contributed by atoms with Crippen LogP contribution in [0.25, 0.3) is 10.9 Å². The minimum absolute atomic E-state index is 0.332. The van der Waals surface area contributed by atoms with Crippen molar-refractivity contribution in [2.24, 2.45) is 0 Å². The first-order valence-corrected chi connectivity index (χ1v) is 6.35. The van der Waals surface area contributed by atoms with Gasteiger partial charge in [-0.25, -0.2) is 0 Å². The normalized spacial score (nSPS) is 10.2. The zero-order chi connectivity index (χ0) is 13.8. The summed E-state index contributed by atoms with van der Waals surface area (Å²) in [7, 11) is 0. The third-order valence-electron chi connectivity index (χ3n) is 2.96. The van der Waals surface area contributed by atoms with E-state index in [2.05, 4.69) is 11.1 Å². The number of hydrogen-bond acceptors (Lipinski definition) is 3. The zero-order valence-electron chi connectivity index (χ0n) is 10.8. The van der Waals surface area contributed by atoms with E-state index < -0.39 is 0 Å². The first-order valence-electron chi connectivity index (χ1n) is 6.35. The van der Waals surface area contributed by atoms with Crippen LogP contribution in [0.15, 0.2) is 60.7 Å². The van der Waals surface area contributed by atoms with Crippen LogP contribution in [-0.2, 0) is 6.42 Å². The summed E-state index contributed by atoms with van der Waals surface area (Å²) < 4.78 is 5.78. The van der Waals surface area contributed by atoms with Gasteiger partial charge in [0.2, 0.25) is 0 Å². The molecule has 0 saturated heterocycles. The number of benzene rings is 2. The summed E-state index contributed by atoms with van der Waals surface area (Å²) in [5.74, 6) is 1.58. The number of aromatic nitrogens is 1. The van der Waals surface area contributed by atoms with Gasteiger partial charge in [-0.2, -0.15) is 5.26 Å². The van der Waals surface area contributed by atoms with Crippen molar-refractivity contribution in [1.29, 1.82) is 5.26 Å². The lowest BCUT2D eigenvalue weighted by molar-refractivity contribution is 0.483. The Morgan fingerprint density at radius 2 is 1.80 bits per heavy atom. The van der Waals surface area contributed by atoms with Crippen molar-refractivity contribution in [3.8, 4) is 17.6 Å². The molecule has 0 aliphatic carbocycles. The van der Waals surface area contributed by atoms with Gasteiger partial charge >= 0.3 is 0 Å². The van der Waals surface area contributed by atoms with Gasteiger partial charge in [0.15, 0.2) is 0 Å². The molecule has 3 nitrogen and oxygen atoms in total. The molecule has 0 N–H and O–H groups in total. The first-order chi connectivity index (χ1) is 9.85. The molecule has 1 aromatic heterocycles. The molecule has 0 aliphatic heterocycles. The van der Waals surface area contributed by atoms with Gasteiger partial charge < -0.3 is 4.74 Å². The first kappa shape index (κ1) is 12.2. The lowest BCUT2D eigenvalue weighted by Gasteiger charge is -2.07. The number of nitrogens with zero attached hydrogens (tertiary/aromatic N) is 2. The Hall–Kier alpha value is -2.86. The Labute approximate surface area is 117 Å². The Bertz CT molecular complexity index is 776. The van der Waals surface area contributed by atoms with Gasteiger partial charge in [-0.1, -0.05) is 24.3 Å². The molecular formula is C17H12N2O. The van der Waals surface area contributed by atoms with Crippen LogP contribution >= 0.6 is 0 Å². The molecule has 3 aromatic rings. The standard InChI is InChI=1S/C17H12N2O/c18-11-10-14-7-6-13-12-16(8-9-17(13)19-14)20-15-4-2-1-3-5-15/h1-9,12H,10H2. The fourth-order valence-electron chi connectivity index (χ4n) is 2.01. The van der Waals surface area contributed by atoms with Crippen molar-refractivity contribution in [2.45, 2.75) is 6.42 Å². The average molecular weight is 260 g/mol. The predicted molar refractivity (Wildman–Crippen MR) is 77.6 cm³/mol. The summed E-state index contributed by atoms with van der Waals surface area (Å²) in [4.78, 5) is 4.44. The number of hydrogen-bond donors (Lipinski definition) is 0. The van der Waals surface area contributed by atoms with Crippen molar-refractivity contribution in [1.82, 2.24) is 4.98 Å². The van der Waals surface area contributed by atoms with E-state index in [4.69, 9.17) is 10.00 Å². The fraction of sp³-hybridized carbons (Fsp3) is 0.0588. The highest BCUT2D eigenvalue weighted by Gasteiger charge is 2.02. The molecule has 20 heavy (non-hydrogen) atoms. The molecule has 0 amide bonds. The lowest BCUT2D eigenvalue weighted by Crippen LogP contribution is -1.89. The van der Waals surface area contributed by atoms with Gasteiger partial charge in [0.05, 0.1) is 23.7 Å². The minimum atomic E-state index is 0.332. The minimum Gasteiger partial charge on any atom is -0.457 e. The highest BCUT2D eigenvalue weighted by atomic mass is 16.5. The number of nitriles is 1. The molecule has 96 valence electrons. The summed E-state index contributed by atoms with van der Waals surface area (Å²) in [5.41, 5.74) is 1.66. The molecule has 1 heterocycles. The molecule has 0 unspecified atom stereocenters. The molecule has 0 radical (unpaired) electrons. The Kier molecular flexibility index (Phi) is 3.30. The van der Waals surface area contributed by atoms with Crippen LogP contribution in [0.5, 0.6) is 11.5 Å². The monoisotopic (exact) mass is 260 g/mol. The molecule has 0 fully saturated rings. The van der Waals surface area contributed by atoms with Crippen LogP contribution in [0.2, 0.25) is 0 Å². The maximum absolute atomic E-state index is 8.69. The van der Waals surface area contributed by atoms with E-state index in [1.807, 2.05) is 60.7 Å². The van der Waals surface area contributed by atoms with E-state index in [0.717, 1.165) is 28.1 Å². The van der Waals surface area contributed by atoms with Crippen molar-refractivity contribution < 1.29 is 4.74 Å². The van der Waals surface area contributed by atoms with Crippen LogP contribution in [-0.4, -0.2) is 4.98 Å². The van der Waals surface area contributed by atoms with E-state index in [0.29, 0.717) is 6.42 Å². The average Bonchev–Trinajstić information content (AvgIpc) is 2.49. The zero-order valence-corrected chi connectivity index (χ0v) is 10.8. The second-order valence-corrected chi connectivity index (χ2v) is 4.41. The Morgan fingerprint density at radius 1 is 0.950 bits per heavy atom. The molecule has 0 saturated carbocycles. The summed E-state index contributed by atoms with van der Waals surface area (Å²) in [5, 5.41) is 9.69. The quantitative estimate of drug-likeness (QED) is 0.712. The fourth-order valence-corrected chi connectivity index (χ4v) is 2.01. The topological polar surface area (TPSA) is 45.9 Å². The van der Waals surface area contributed by atoms with Crippen molar-refractivity contribution in [3.05, 3.63) is 66.4 Å². The second kappa shape index (κ2) is 5.41.